The smallest absolute Gasteiger partial charge is 0.356 e. The number of nitrogens with zero attached hydrogens (tertiary/aromatic N) is 1. The van der Waals surface area contributed by atoms with Gasteiger partial charge in [0, 0.05) is 0 Å². The Balaban J connectivity index is -0.0000000910. The summed E-state index contributed by atoms with van der Waals surface area (Å²) in [6, 6.07) is 0. The zero-order valence-corrected chi connectivity index (χ0v) is 8.86. The molecule has 0 aromatic carbocycles. The van der Waals surface area contributed by atoms with Crippen LogP contribution in [0.2, 0.25) is 0 Å². The van der Waals surface area contributed by atoms with Crippen molar-refractivity contribution in [2.75, 3.05) is 0 Å². The molecule has 0 heterocycles. The second kappa shape index (κ2) is 7.81. The van der Waals surface area contributed by atoms with E-state index in [0.717, 1.165) is 0 Å². The van der Waals surface area contributed by atoms with Gasteiger partial charge >= 0.3 is 61.7 Å². The van der Waals surface area contributed by atoms with E-state index in [9.17, 15) is 0 Å². The number of rotatable bonds is 0. The normalized spacial score (nSPS) is 8.20. The molecule has 0 aromatic heterocycles. The largest absolute Gasteiger partial charge is 1.00 e. The first-order chi connectivity index (χ1) is 3.73. The Morgan fingerprint density at radius 2 is 1.40 bits per heavy atom. The maximum Gasteiger partial charge on any atom is 1.00 e. The quantitative estimate of drug-likeness (QED) is 0.173. The van der Waals surface area contributed by atoms with Crippen molar-refractivity contribution in [3.63, 3.8) is 0 Å². The van der Waals surface area contributed by atoms with E-state index < -0.39 is 15.4 Å². The molecule has 8 nitrogen and oxygen atoms in total. The van der Waals surface area contributed by atoms with Crippen molar-refractivity contribution >= 4 is 10.3 Å². The van der Waals surface area contributed by atoms with E-state index in [1.165, 1.54) is 0 Å². The minimum atomic E-state index is -4.17. The standard InChI is InChI=1S/K.H3NO3S.NO3/c;1-5(2,3)4;2-1(3)4/h;(H3,1,2,3,4);/q+1;;-1. The molecule has 3 N–H and O–H groups in total. The van der Waals surface area contributed by atoms with Gasteiger partial charge in [0.05, 0.1) is 5.09 Å². The van der Waals surface area contributed by atoms with Gasteiger partial charge in [-0.15, -0.1) is 0 Å². The molecule has 0 aliphatic carbocycles. The van der Waals surface area contributed by atoms with Gasteiger partial charge in [0.25, 0.3) is 0 Å². The van der Waals surface area contributed by atoms with Crippen LogP contribution in [-0.4, -0.2) is 18.1 Å². The van der Waals surface area contributed by atoms with Crippen molar-refractivity contribution < 1.29 is 69.4 Å². The Morgan fingerprint density at radius 1 is 1.40 bits per heavy atom. The van der Waals surface area contributed by atoms with Crippen LogP contribution in [0, 0.1) is 15.3 Å². The van der Waals surface area contributed by atoms with E-state index in [1.54, 1.807) is 0 Å². The minimum Gasteiger partial charge on any atom is -0.356 e. The summed E-state index contributed by atoms with van der Waals surface area (Å²) in [5, 5.41) is 18.6. The molecule has 0 aliphatic heterocycles. The Kier molecular flexibility index (Phi) is 13.3. The summed E-state index contributed by atoms with van der Waals surface area (Å²) >= 11 is 0. The molecule has 0 fully saturated rings. The minimum absolute atomic E-state index is 0. The fraction of sp³-hybridized carbons (Fsp3) is 0. The summed E-state index contributed by atoms with van der Waals surface area (Å²) in [5.41, 5.74) is 0. The topological polar surface area (TPSA) is 147 Å². The van der Waals surface area contributed by atoms with E-state index in [-0.39, 0.29) is 51.4 Å². The molecule has 0 rings (SSSR count). The average molecular weight is 198 g/mol. The van der Waals surface area contributed by atoms with Crippen molar-refractivity contribution in [1.82, 2.24) is 0 Å². The van der Waals surface area contributed by atoms with Gasteiger partial charge in [-0.2, -0.15) is 8.42 Å². The molecule has 0 amide bonds. The maximum absolute atomic E-state index is 8.97. The van der Waals surface area contributed by atoms with Crippen molar-refractivity contribution in [2.45, 2.75) is 0 Å². The van der Waals surface area contributed by atoms with Crippen LogP contribution in [0.4, 0.5) is 0 Å². The summed E-state index contributed by atoms with van der Waals surface area (Å²) in [7, 11) is -4.17. The zero-order valence-electron chi connectivity index (χ0n) is 4.92. The van der Waals surface area contributed by atoms with Gasteiger partial charge in [-0.3, -0.25) is 4.55 Å². The SMILES string of the molecule is NS(=O)(=O)O.O=[N+]([O-])[O-].[K+]. The number of hydrogen-bond donors (Lipinski definition) is 2. The molecular weight excluding hydrogens is 195 g/mol. The number of nitrogens with two attached hydrogens (primary N) is 1. The molecule has 10 heavy (non-hydrogen) atoms. The summed E-state index contributed by atoms with van der Waals surface area (Å²) in [6.07, 6.45) is 0. The fourth-order valence-electron chi connectivity index (χ4n) is 0. The predicted octanol–water partition coefficient (Wildman–Crippen LogP) is -4.49. The van der Waals surface area contributed by atoms with Crippen LogP contribution < -0.4 is 56.5 Å². The third-order valence-electron chi connectivity index (χ3n) is 0. The van der Waals surface area contributed by atoms with Gasteiger partial charge in [-0.1, -0.05) is 0 Å². The monoisotopic (exact) mass is 198 g/mol. The summed E-state index contributed by atoms with van der Waals surface area (Å²) < 4.78 is 25.2. The van der Waals surface area contributed by atoms with E-state index >= 15 is 0 Å². The van der Waals surface area contributed by atoms with Crippen LogP contribution in [0.5, 0.6) is 0 Å². The predicted molar refractivity (Wildman–Crippen MR) is 26.1 cm³/mol. The maximum atomic E-state index is 8.97. The molecule has 0 saturated heterocycles. The second-order valence-electron chi connectivity index (χ2n) is 0.739. The van der Waals surface area contributed by atoms with E-state index in [0.29, 0.717) is 0 Å². The third-order valence-corrected chi connectivity index (χ3v) is 0. The molecule has 0 atom stereocenters. The summed E-state index contributed by atoms with van der Waals surface area (Å²) in [6.45, 7) is 0. The van der Waals surface area contributed by atoms with Crippen LogP contribution in [0.3, 0.4) is 0 Å². The molecular formula is H3KN2O6S. The molecule has 10 heteroatoms. The molecule has 0 aliphatic rings. The average Bonchev–Trinajstić information content (AvgIpc) is 1.19. The summed E-state index contributed by atoms with van der Waals surface area (Å²) in [5.74, 6) is 0. The molecule has 0 spiro atoms. The van der Waals surface area contributed by atoms with Crippen molar-refractivity contribution in [1.29, 1.82) is 0 Å². The zero-order chi connectivity index (χ0) is 8.08. The van der Waals surface area contributed by atoms with E-state index in [2.05, 4.69) is 5.14 Å². The van der Waals surface area contributed by atoms with Crippen LogP contribution in [0.1, 0.15) is 0 Å². The Bertz CT molecular complexity index is 158. The van der Waals surface area contributed by atoms with Crippen LogP contribution >= 0.6 is 0 Å². The molecule has 0 radical (unpaired) electrons. The van der Waals surface area contributed by atoms with Gasteiger partial charge in [-0.05, 0) is 0 Å². The molecule has 0 saturated carbocycles. The van der Waals surface area contributed by atoms with Gasteiger partial charge < -0.3 is 15.3 Å². The van der Waals surface area contributed by atoms with Crippen LogP contribution in [0.25, 0.3) is 0 Å². The first-order valence-corrected chi connectivity index (χ1v) is 2.80. The molecule has 0 bridgehead atoms. The van der Waals surface area contributed by atoms with Gasteiger partial charge in [0.2, 0.25) is 0 Å². The van der Waals surface area contributed by atoms with E-state index in [1.807, 2.05) is 0 Å². The Hall–Kier alpha value is 0.706. The van der Waals surface area contributed by atoms with Crippen molar-refractivity contribution in [2.24, 2.45) is 5.14 Å². The fourth-order valence-corrected chi connectivity index (χ4v) is 0. The number of hydrogen-bond acceptors (Lipinski definition) is 5. The van der Waals surface area contributed by atoms with Crippen molar-refractivity contribution in [3.05, 3.63) is 15.3 Å². The van der Waals surface area contributed by atoms with Gasteiger partial charge in [-0.25, -0.2) is 5.14 Å². The molecule has 0 aromatic rings. The Labute approximate surface area is 98.8 Å². The first kappa shape index (κ1) is 17.0. The third kappa shape index (κ3) is 1040. The first-order valence-electron chi connectivity index (χ1n) is 1.30. The van der Waals surface area contributed by atoms with Gasteiger partial charge in [0.15, 0.2) is 0 Å². The molecule has 56 valence electrons. The van der Waals surface area contributed by atoms with Gasteiger partial charge in [0.1, 0.15) is 0 Å². The van der Waals surface area contributed by atoms with Crippen LogP contribution in [0.15, 0.2) is 0 Å². The van der Waals surface area contributed by atoms with E-state index in [4.69, 9.17) is 28.3 Å². The molecule has 0 unspecified atom stereocenters. The summed E-state index contributed by atoms with van der Waals surface area (Å²) in [4.78, 5) is 8.25. The van der Waals surface area contributed by atoms with Crippen molar-refractivity contribution in [3.8, 4) is 0 Å². The Morgan fingerprint density at radius 3 is 1.40 bits per heavy atom. The second-order valence-corrected chi connectivity index (χ2v) is 1.77. The van der Waals surface area contributed by atoms with Crippen LogP contribution in [-0.2, 0) is 10.3 Å².